The van der Waals surface area contributed by atoms with Crippen molar-refractivity contribution in [1.29, 1.82) is 0 Å². The number of nitrogens with two attached hydrogens (primary N) is 1. The molecule has 2 nitrogen and oxygen atoms in total. The molecule has 0 amide bonds. The number of benzene rings is 2. The Hall–Kier alpha value is -1.94. The Kier molecular flexibility index (Phi) is 10.7. The van der Waals surface area contributed by atoms with Crippen molar-refractivity contribution in [2.24, 2.45) is 11.7 Å². The molecule has 1 aliphatic rings. The van der Waals surface area contributed by atoms with E-state index in [1.807, 2.05) is 12.1 Å². The molecule has 4 heteroatoms. The molecule has 0 saturated heterocycles. The average molecular weight is 458 g/mol. The van der Waals surface area contributed by atoms with Crippen LogP contribution in [0.5, 0.6) is 5.75 Å². The summed E-state index contributed by atoms with van der Waals surface area (Å²) in [5, 5.41) is 0. The molecule has 182 valence electrons. The molecule has 0 atom stereocenters. The van der Waals surface area contributed by atoms with Crippen LogP contribution in [0.25, 0.3) is 11.1 Å². The third kappa shape index (κ3) is 7.53. The molecule has 0 aromatic heterocycles. The van der Waals surface area contributed by atoms with Crippen LogP contribution in [0.2, 0.25) is 0 Å². The lowest BCUT2D eigenvalue weighted by Gasteiger charge is -2.29. The number of ether oxygens (including phenoxy) is 1. The maximum atomic E-state index is 14.8. The van der Waals surface area contributed by atoms with Gasteiger partial charge in [0.15, 0.2) is 11.6 Å². The number of hydrogen-bond acceptors (Lipinski definition) is 2. The van der Waals surface area contributed by atoms with E-state index < -0.39 is 11.6 Å². The first kappa shape index (κ1) is 25.7. The molecule has 1 aliphatic carbocycles. The first-order chi connectivity index (χ1) is 16.1. The van der Waals surface area contributed by atoms with Gasteiger partial charge in [-0.2, -0.15) is 4.39 Å². The minimum absolute atomic E-state index is 0.0117. The lowest BCUT2D eigenvalue weighted by atomic mass is 9.77. The standard InChI is InChI=1S/C29H41F2NO/c1-2-3-6-9-22-10-12-23(13-11-22)24-14-16-25(17-15-24)26-18-19-27(29(31)28(26)30)33-21-8-5-4-7-20-32/h14-19,22-23H,2-13,20-21,32H2,1H3. The van der Waals surface area contributed by atoms with E-state index in [4.69, 9.17) is 10.5 Å². The van der Waals surface area contributed by atoms with Gasteiger partial charge in [0.25, 0.3) is 0 Å². The molecule has 1 saturated carbocycles. The second kappa shape index (κ2) is 13.7. The SMILES string of the molecule is CCCCCC1CCC(c2ccc(-c3ccc(OCCCCCCN)c(F)c3F)cc2)CC1. The van der Waals surface area contributed by atoms with Crippen molar-refractivity contribution in [3.8, 4) is 16.9 Å². The van der Waals surface area contributed by atoms with Crippen LogP contribution in [-0.2, 0) is 0 Å². The van der Waals surface area contributed by atoms with Crippen molar-refractivity contribution in [1.82, 2.24) is 0 Å². The predicted octanol–water partition coefficient (Wildman–Crippen LogP) is 8.38. The summed E-state index contributed by atoms with van der Waals surface area (Å²) in [4.78, 5) is 0. The molecule has 0 spiro atoms. The maximum absolute atomic E-state index is 14.8. The van der Waals surface area contributed by atoms with E-state index >= 15 is 0 Å². The molecule has 1 fully saturated rings. The minimum Gasteiger partial charge on any atom is -0.490 e. The quantitative estimate of drug-likeness (QED) is 0.307. The zero-order valence-corrected chi connectivity index (χ0v) is 20.3. The van der Waals surface area contributed by atoms with Gasteiger partial charge in [0.2, 0.25) is 5.82 Å². The van der Waals surface area contributed by atoms with E-state index in [1.165, 1.54) is 56.9 Å². The fourth-order valence-electron chi connectivity index (χ4n) is 5.05. The lowest BCUT2D eigenvalue weighted by molar-refractivity contribution is 0.285. The van der Waals surface area contributed by atoms with Gasteiger partial charge in [-0.25, -0.2) is 4.39 Å². The van der Waals surface area contributed by atoms with Crippen LogP contribution in [0.4, 0.5) is 8.78 Å². The van der Waals surface area contributed by atoms with E-state index in [-0.39, 0.29) is 11.3 Å². The van der Waals surface area contributed by atoms with Crippen molar-refractivity contribution >= 4 is 0 Å². The number of rotatable bonds is 13. The van der Waals surface area contributed by atoms with Crippen molar-refractivity contribution in [3.05, 3.63) is 53.6 Å². The molecule has 0 bridgehead atoms. The Morgan fingerprint density at radius 2 is 1.55 bits per heavy atom. The molecule has 0 radical (unpaired) electrons. The number of halogens is 2. The van der Waals surface area contributed by atoms with E-state index in [1.54, 1.807) is 12.1 Å². The summed E-state index contributed by atoms with van der Waals surface area (Å²) in [6, 6.07) is 11.2. The van der Waals surface area contributed by atoms with E-state index in [9.17, 15) is 8.78 Å². The fourth-order valence-corrected chi connectivity index (χ4v) is 5.05. The van der Waals surface area contributed by atoms with Gasteiger partial charge < -0.3 is 10.5 Å². The van der Waals surface area contributed by atoms with Gasteiger partial charge in [-0.05, 0) is 80.2 Å². The first-order valence-corrected chi connectivity index (χ1v) is 13.0. The van der Waals surface area contributed by atoms with Crippen molar-refractivity contribution < 1.29 is 13.5 Å². The van der Waals surface area contributed by atoms with Crippen LogP contribution in [0, 0.1) is 17.6 Å². The molecule has 2 aromatic carbocycles. The van der Waals surface area contributed by atoms with Gasteiger partial charge in [-0.1, -0.05) is 69.7 Å². The molecule has 0 aliphatic heterocycles. The van der Waals surface area contributed by atoms with Crippen LogP contribution in [-0.4, -0.2) is 13.2 Å². The molecular weight excluding hydrogens is 416 g/mol. The Balaban J connectivity index is 1.54. The molecule has 2 aromatic rings. The Morgan fingerprint density at radius 3 is 2.24 bits per heavy atom. The molecule has 0 heterocycles. The molecular formula is C29H41F2NO. The smallest absolute Gasteiger partial charge is 0.201 e. The van der Waals surface area contributed by atoms with E-state index in [0.29, 0.717) is 24.6 Å². The second-order valence-electron chi connectivity index (χ2n) is 9.63. The summed E-state index contributed by atoms with van der Waals surface area (Å²) in [7, 11) is 0. The highest BCUT2D eigenvalue weighted by Crippen LogP contribution is 2.38. The summed E-state index contributed by atoms with van der Waals surface area (Å²) in [6.07, 6.45) is 14.3. The highest BCUT2D eigenvalue weighted by molar-refractivity contribution is 5.65. The van der Waals surface area contributed by atoms with E-state index in [2.05, 4.69) is 19.1 Å². The molecule has 0 unspecified atom stereocenters. The summed E-state index contributed by atoms with van der Waals surface area (Å²) >= 11 is 0. The van der Waals surface area contributed by atoms with Gasteiger partial charge >= 0.3 is 0 Å². The fraction of sp³-hybridized carbons (Fsp3) is 0.586. The van der Waals surface area contributed by atoms with Gasteiger partial charge in [-0.3, -0.25) is 0 Å². The minimum atomic E-state index is -0.903. The van der Waals surface area contributed by atoms with Gasteiger partial charge in [0.1, 0.15) is 0 Å². The zero-order valence-electron chi connectivity index (χ0n) is 20.3. The van der Waals surface area contributed by atoms with Crippen LogP contribution in [0.1, 0.15) is 95.5 Å². The summed E-state index contributed by atoms with van der Waals surface area (Å²) in [5.41, 5.74) is 7.79. The summed E-state index contributed by atoms with van der Waals surface area (Å²) < 4.78 is 34.8. The third-order valence-electron chi connectivity index (χ3n) is 7.16. The van der Waals surface area contributed by atoms with Gasteiger partial charge in [0.05, 0.1) is 6.61 Å². The zero-order chi connectivity index (χ0) is 23.5. The molecule has 33 heavy (non-hydrogen) atoms. The average Bonchev–Trinajstić information content (AvgIpc) is 2.85. The Morgan fingerprint density at radius 1 is 0.818 bits per heavy atom. The molecule has 3 rings (SSSR count). The van der Waals surface area contributed by atoms with Crippen LogP contribution < -0.4 is 10.5 Å². The number of unbranched alkanes of at least 4 members (excludes halogenated alkanes) is 5. The van der Waals surface area contributed by atoms with Crippen molar-refractivity contribution in [2.75, 3.05) is 13.2 Å². The maximum Gasteiger partial charge on any atom is 0.201 e. The van der Waals surface area contributed by atoms with Crippen LogP contribution >= 0.6 is 0 Å². The Labute approximate surface area is 198 Å². The van der Waals surface area contributed by atoms with Crippen molar-refractivity contribution in [3.63, 3.8) is 0 Å². The van der Waals surface area contributed by atoms with Crippen molar-refractivity contribution in [2.45, 2.75) is 89.9 Å². The molecule has 2 N–H and O–H groups in total. The topological polar surface area (TPSA) is 35.2 Å². The lowest BCUT2D eigenvalue weighted by Crippen LogP contribution is -2.13. The normalized spacial score (nSPS) is 18.4. The van der Waals surface area contributed by atoms with Crippen LogP contribution in [0.3, 0.4) is 0 Å². The summed E-state index contributed by atoms with van der Waals surface area (Å²) in [5.74, 6) is -0.280. The van der Waals surface area contributed by atoms with Gasteiger partial charge in [-0.15, -0.1) is 0 Å². The van der Waals surface area contributed by atoms with Crippen LogP contribution in [0.15, 0.2) is 36.4 Å². The second-order valence-corrected chi connectivity index (χ2v) is 9.63. The van der Waals surface area contributed by atoms with Gasteiger partial charge in [0, 0.05) is 5.56 Å². The highest BCUT2D eigenvalue weighted by atomic mass is 19.2. The third-order valence-corrected chi connectivity index (χ3v) is 7.16. The summed E-state index contributed by atoms with van der Waals surface area (Å²) in [6.45, 7) is 3.33. The van der Waals surface area contributed by atoms with E-state index in [0.717, 1.165) is 31.6 Å². The highest BCUT2D eigenvalue weighted by Gasteiger charge is 2.22. The predicted molar refractivity (Wildman–Crippen MR) is 134 cm³/mol. The monoisotopic (exact) mass is 457 g/mol. The largest absolute Gasteiger partial charge is 0.490 e. The first-order valence-electron chi connectivity index (χ1n) is 13.0. The Bertz CT molecular complexity index is 828. The number of hydrogen-bond donors (Lipinski definition) is 1.